The zero-order valence-corrected chi connectivity index (χ0v) is 8.13. The molecule has 0 saturated heterocycles. The van der Waals surface area contributed by atoms with E-state index in [1.807, 2.05) is 6.07 Å². The molecule has 0 aliphatic rings. The van der Waals surface area contributed by atoms with Crippen molar-refractivity contribution in [3.63, 3.8) is 0 Å². The Morgan fingerprint density at radius 2 is 2.29 bits per heavy atom. The number of rotatable bonds is 1. The van der Waals surface area contributed by atoms with E-state index in [-0.39, 0.29) is 10.8 Å². The van der Waals surface area contributed by atoms with Gasteiger partial charge in [0, 0.05) is 6.07 Å². The third-order valence-corrected chi connectivity index (χ3v) is 1.89. The third kappa shape index (κ3) is 2.15. The second-order valence-corrected chi connectivity index (χ2v) is 3.04. The molecule has 0 aromatic heterocycles. The summed E-state index contributed by atoms with van der Waals surface area (Å²) in [6.07, 6.45) is -0.912. The fourth-order valence-electron chi connectivity index (χ4n) is 1.03. The monoisotopic (exact) mass is 210 g/mol. The number of primary amides is 1. The standard InChI is InChI=1S/C9H7ClN2O2/c1-5-2-6(14-9(12)13)3-8(10)7(5)4-11/h2-3H,1H3,(H2,12,13). The van der Waals surface area contributed by atoms with E-state index in [9.17, 15) is 4.79 Å². The number of carbonyl (C=O) groups is 1. The van der Waals surface area contributed by atoms with Crippen molar-refractivity contribution in [2.75, 3.05) is 0 Å². The molecule has 0 aliphatic carbocycles. The minimum atomic E-state index is -0.912. The molecular formula is C9H7ClN2O2. The van der Waals surface area contributed by atoms with E-state index >= 15 is 0 Å². The molecule has 1 rings (SSSR count). The van der Waals surface area contributed by atoms with Gasteiger partial charge in [-0.15, -0.1) is 0 Å². The highest BCUT2D eigenvalue weighted by molar-refractivity contribution is 6.32. The lowest BCUT2D eigenvalue weighted by atomic mass is 10.1. The van der Waals surface area contributed by atoms with Gasteiger partial charge in [0.15, 0.2) is 0 Å². The minimum Gasteiger partial charge on any atom is -0.410 e. The Balaban J connectivity index is 3.15. The first kappa shape index (κ1) is 10.4. The van der Waals surface area contributed by atoms with Crippen molar-refractivity contribution >= 4 is 17.7 Å². The number of aryl methyl sites for hydroxylation is 1. The zero-order chi connectivity index (χ0) is 10.7. The molecule has 4 nitrogen and oxygen atoms in total. The fraction of sp³-hybridized carbons (Fsp3) is 0.111. The van der Waals surface area contributed by atoms with Crippen LogP contribution in [-0.4, -0.2) is 6.09 Å². The Labute approximate surface area is 85.8 Å². The molecule has 1 amide bonds. The molecule has 0 radical (unpaired) electrons. The lowest BCUT2D eigenvalue weighted by Gasteiger charge is -2.04. The molecule has 0 atom stereocenters. The summed E-state index contributed by atoms with van der Waals surface area (Å²) in [7, 11) is 0. The zero-order valence-electron chi connectivity index (χ0n) is 7.37. The second-order valence-electron chi connectivity index (χ2n) is 2.63. The van der Waals surface area contributed by atoms with Crippen LogP contribution in [0.25, 0.3) is 0 Å². The number of nitrogens with two attached hydrogens (primary N) is 1. The lowest BCUT2D eigenvalue weighted by molar-refractivity contribution is 0.211. The van der Waals surface area contributed by atoms with Gasteiger partial charge in [-0.05, 0) is 18.6 Å². The molecule has 0 spiro atoms. The van der Waals surface area contributed by atoms with E-state index in [0.29, 0.717) is 11.1 Å². The Bertz CT molecular complexity index is 400. The average Bonchev–Trinajstić information content (AvgIpc) is 2.01. The first-order valence-corrected chi connectivity index (χ1v) is 4.10. The SMILES string of the molecule is Cc1cc(OC(N)=O)cc(Cl)c1C#N. The molecule has 0 saturated carbocycles. The summed E-state index contributed by atoms with van der Waals surface area (Å²) in [5.74, 6) is 0.235. The van der Waals surface area contributed by atoms with Crippen molar-refractivity contribution in [2.45, 2.75) is 6.92 Å². The number of nitrogens with zero attached hydrogens (tertiary/aromatic N) is 1. The molecule has 0 aliphatic heterocycles. The summed E-state index contributed by atoms with van der Waals surface area (Å²) in [4.78, 5) is 10.4. The maximum atomic E-state index is 10.4. The van der Waals surface area contributed by atoms with Gasteiger partial charge in [0.1, 0.15) is 11.8 Å². The van der Waals surface area contributed by atoms with Gasteiger partial charge in [-0.25, -0.2) is 4.79 Å². The Kier molecular flexibility index (Phi) is 2.95. The second kappa shape index (κ2) is 3.99. The topological polar surface area (TPSA) is 76.1 Å². The van der Waals surface area contributed by atoms with Crippen LogP contribution in [-0.2, 0) is 0 Å². The van der Waals surface area contributed by atoms with Gasteiger partial charge in [-0.3, -0.25) is 0 Å². The van der Waals surface area contributed by atoms with E-state index < -0.39 is 6.09 Å². The van der Waals surface area contributed by atoms with Crippen LogP contribution in [0.5, 0.6) is 5.75 Å². The molecule has 0 heterocycles. The van der Waals surface area contributed by atoms with Crippen molar-refractivity contribution in [3.05, 3.63) is 28.3 Å². The first-order valence-electron chi connectivity index (χ1n) is 3.72. The Hall–Kier alpha value is -1.73. The maximum absolute atomic E-state index is 10.4. The van der Waals surface area contributed by atoms with E-state index in [1.165, 1.54) is 12.1 Å². The molecular weight excluding hydrogens is 204 g/mol. The van der Waals surface area contributed by atoms with Gasteiger partial charge in [-0.2, -0.15) is 5.26 Å². The summed E-state index contributed by atoms with van der Waals surface area (Å²) in [6, 6.07) is 4.84. The number of ether oxygens (including phenoxy) is 1. The number of hydrogen-bond donors (Lipinski definition) is 1. The molecule has 1 aromatic rings. The first-order chi connectivity index (χ1) is 6.54. The van der Waals surface area contributed by atoms with Crippen LogP contribution in [0.2, 0.25) is 5.02 Å². The normalized spacial score (nSPS) is 9.21. The van der Waals surface area contributed by atoms with Crippen LogP contribution >= 0.6 is 11.6 Å². The van der Waals surface area contributed by atoms with Crippen molar-refractivity contribution in [2.24, 2.45) is 5.73 Å². The predicted octanol–water partition coefficient (Wildman–Crippen LogP) is 1.98. The Morgan fingerprint density at radius 3 is 2.71 bits per heavy atom. The number of amides is 1. The van der Waals surface area contributed by atoms with Gasteiger partial charge in [0.2, 0.25) is 0 Å². The van der Waals surface area contributed by atoms with Gasteiger partial charge >= 0.3 is 6.09 Å². The van der Waals surface area contributed by atoms with Crippen molar-refractivity contribution in [1.29, 1.82) is 5.26 Å². The number of nitriles is 1. The summed E-state index contributed by atoms with van der Waals surface area (Å²) in [5, 5.41) is 8.94. The third-order valence-electron chi connectivity index (χ3n) is 1.59. The van der Waals surface area contributed by atoms with Crippen LogP contribution < -0.4 is 10.5 Å². The largest absolute Gasteiger partial charge is 0.410 e. The highest BCUT2D eigenvalue weighted by atomic mass is 35.5. The fourth-order valence-corrected chi connectivity index (χ4v) is 1.33. The van der Waals surface area contributed by atoms with Gasteiger partial charge in [0.05, 0.1) is 10.6 Å². The van der Waals surface area contributed by atoms with Crippen molar-refractivity contribution in [1.82, 2.24) is 0 Å². The van der Waals surface area contributed by atoms with E-state index in [2.05, 4.69) is 4.74 Å². The van der Waals surface area contributed by atoms with Crippen molar-refractivity contribution < 1.29 is 9.53 Å². The average molecular weight is 211 g/mol. The van der Waals surface area contributed by atoms with Crippen LogP contribution in [0.1, 0.15) is 11.1 Å². The molecule has 2 N–H and O–H groups in total. The predicted molar refractivity (Wildman–Crippen MR) is 51.1 cm³/mol. The van der Waals surface area contributed by atoms with Gasteiger partial charge in [0.25, 0.3) is 0 Å². The molecule has 0 unspecified atom stereocenters. The van der Waals surface area contributed by atoms with Crippen LogP contribution in [0.15, 0.2) is 12.1 Å². The smallest absolute Gasteiger partial charge is 0.409 e. The maximum Gasteiger partial charge on any atom is 0.409 e. The van der Waals surface area contributed by atoms with Crippen LogP contribution in [0.4, 0.5) is 4.79 Å². The molecule has 5 heteroatoms. The van der Waals surface area contributed by atoms with Crippen LogP contribution in [0, 0.1) is 18.3 Å². The van der Waals surface area contributed by atoms with E-state index in [4.69, 9.17) is 22.6 Å². The number of benzene rings is 1. The van der Waals surface area contributed by atoms with Crippen molar-refractivity contribution in [3.8, 4) is 11.8 Å². The minimum absolute atomic E-state index is 0.235. The lowest BCUT2D eigenvalue weighted by Crippen LogP contribution is -2.16. The van der Waals surface area contributed by atoms with Gasteiger partial charge in [-0.1, -0.05) is 11.6 Å². The van der Waals surface area contributed by atoms with E-state index in [0.717, 1.165) is 0 Å². The molecule has 0 fully saturated rings. The summed E-state index contributed by atoms with van der Waals surface area (Å²) < 4.78 is 4.62. The summed E-state index contributed by atoms with van der Waals surface area (Å²) >= 11 is 5.76. The quantitative estimate of drug-likeness (QED) is 0.770. The van der Waals surface area contributed by atoms with Gasteiger partial charge < -0.3 is 10.5 Å². The highest BCUT2D eigenvalue weighted by Gasteiger charge is 2.07. The van der Waals surface area contributed by atoms with E-state index in [1.54, 1.807) is 6.92 Å². The van der Waals surface area contributed by atoms with Crippen LogP contribution in [0.3, 0.4) is 0 Å². The molecule has 14 heavy (non-hydrogen) atoms. The Morgan fingerprint density at radius 1 is 1.64 bits per heavy atom. The summed E-state index contributed by atoms with van der Waals surface area (Å²) in [5.41, 5.74) is 5.83. The highest BCUT2D eigenvalue weighted by Crippen LogP contribution is 2.25. The molecule has 1 aromatic carbocycles. The number of carbonyl (C=O) groups excluding carboxylic acids is 1. The molecule has 72 valence electrons. The summed E-state index contributed by atoms with van der Waals surface area (Å²) in [6.45, 7) is 1.69. The number of halogens is 1. The molecule has 0 bridgehead atoms. The number of hydrogen-bond acceptors (Lipinski definition) is 3.